The zero-order valence-corrected chi connectivity index (χ0v) is 11.5. The molecule has 0 bridgehead atoms. The summed E-state index contributed by atoms with van der Waals surface area (Å²) in [7, 11) is -3.29. The lowest BCUT2D eigenvalue weighted by Crippen LogP contribution is -2.05. The number of aliphatic hydroxyl groups is 1. The predicted octanol–water partition coefficient (Wildman–Crippen LogP) is 1.54. The zero-order valence-electron chi connectivity index (χ0n) is 9.88. The van der Waals surface area contributed by atoms with Crippen molar-refractivity contribution in [3.05, 3.63) is 18.2 Å². The zero-order chi connectivity index (χ0) is 13.1. The van der Waals surface area contributed by atoms with Crippen molar-refractivity contribution in [1.82, 2.24) is 0 Å². The predicted molar refractivity (Wildman–Crippen MR) is 71.0 cm³/mol. The maximum absolute atomic E-state index is 11.5. The lowest BCUT2D eigenvalue weighted by Gasteiger charge is -2.13. The summed E-state index contributed by atoms with van der Waals surface area (Å²) >= 11 is 1.48. The van der Waals surface area contributed by atoms with E-state index in [-0.39, 0.29) is 16.8 Å². The van der Waals surface area contributed by atoms with Gasteiger partial charge in [-0.05, 0) is 18.6 Å². The molecule has 4 nitrogen and oxygen atoms in total. The first kappa shape index (κ1) is 14.3. The molecule has 6 heteroatoms. The molecule has 0 aliphatic heterocycles. The summed E-state index contributed by atoms with van der Waals surface area (Å²) in [5.74, 6) is 0. The molecule has 3 N–H and O–H groups in total. The number of nitrogen functional groups attached to an aromatic ring is 1. The number of aliphatic hydroxyl groups excluding tert-OH is 1. The van der Waals surface area contributed by atoms with Gasteiger partial charge in [-0.25, -0.2) is 8.42 Å². The van der Waals surface area contributed by atoms with E-state index in [2.05, 4.69) is 0 Å². The smallest absolute Gasteiger partial charge is 0.177 e. The van der Waals surface area contributed by atoms with E-state index < -0.39 is 9.84 Å². The molecule has 0 saturated carbocycles. The molecule has 0 amide bonds. The Morgan fingerprint density at radius 3 is 2.65 bits per heavy atom. The Kier molecular flexibility index (Phi) is 4.85. The standard InChI is InChI=1S/C11H17NO3S2/c1-8(6-7-13)16-9-4-3-5-10(11(9)12)17(2,14)15/h3-5,8,13H,6-7,12H2,1-2H3. The van der Waals surface area contributed by atoms with Gasteiger partial charge in [-0.15, -0.1) is 11.8 Å². The largest absolute Gasteiger partial charge is 0.397 e. The average molecular weight is 275 g/mol. The van der Waals surface area contributed by atoms with Gasteiger partial charge in [-0.2, -0.15) is 0 Å². The Bertz CT molecular complexity index is 485. The Hall–Kier alpha value is -0.720. The second-order valence-electron chi connectivity index (χ2n) is 3.88. The quantitative estimate of drug-likeness (QED) is 0.629. The molecule has 1 unspecified atom stereocenters. The van der Waals surface area contributed by atoms with E-state index in [9.17, 15) is 8.42 Å². The summed E-state index contributed by atoms with van der Waals surface area (Å²) in [4.78, 5) is 0.910. The second kappa shape index (κ2) is 5.75. The van der Waals surface area contributed by atoms with Crippen LogP contribution in [0.3, 0.4) is 0 Å². The van der Waals surface area contributed by atoms with Crippen LogP contribution in [0.1, 0.15) is 13.3 Å². The molecule has 1 rings (SSSR count). The Labute approximate surface area is 106 Å². The van der Waals surface area contributed by atoms with Crippen molar-refractivity contribution < 1.29 is 13.5 Å². The van der Waals surface area contributed by atoms with E-state index in [0.29, 0.717) is 12.1 Å². The van der Waals surface area contributed by atoms with Crippen LogP contribution in [0.15, 0.2) is 28.0 Å². The van der Waals surface area contributed by atoms with Gasteiger partial charge >= 0.3 is 0 Å². The first-order chi connectivity index (χ1) is 7.86. The van der Waals surface area contributed by atoms with Crippen LogP contribution < -0.4 is 5.73 Å². The van der Waals surface area contributed by atoms with Crippen LogP contribution in [-0.2, 0) is 9.84 Å². The van der Waals surface area contributed by atoms with Gasteiger partial charge in [0.25, 0.3) is 0 Å². The average Bonchev–Trinajstić information content (AvgIpc) is 2.19. The fourth-order valence-electron chi connectivity index (χ4n) is 1.41. The van der Waals surface area contributed by atoms with Crippen LogP contribution in [0.4, 0.5) is 5.69 Å². The van der Waals surface area contributed by atoms with Crippen molar-refractivity contribution in [1.29, 1.82) is 0 Å². The molecule has 0 aliphatic carbocycles. The minimum atomic E-state index is -3.29. The molecule has 1 atom stereocenters. The summed E-state index contributed by atoms with van der Waals surface area (Å²) in [6.07, 6.45) is 1.79. The molecule has 17 heavy (non-hydrogen) atoms. The monoisotopic (exact) mass is 275 g/mol. The summed E-state index contributed by atoms with van der Waals surface area (Å²) < 4.78 is 23.0. The Morgan fingerprint density at radius 2 is 2.12 bits per heavy atom. The third kappa shape index (κ3) is 3.90. The van der Waals surface area contributed by atoms with Crippen molar-refractivity contribution in [2.24, 2.45) is 0 Å². The van der Waals surface area contributed by atoms with Gasteiger partial charge < -0.3 is 10.8 Å². The third-order valence-corrected chi connectivity index (χ3v) is 4.69. The number of hydrogen-bond acceptors (Lipinski definition) is 5. The third-order valence-electron chi connectivity index (χ3n) is 2.29. The van der Waals surface area contributed by atoms with Gasteiger partial charge in [0.15, 0.2) is 9.84 Å². The molecule has 0 radical (unpaired) electrons. The van der Waals surface area contributed by atoms with Crippen molar-refractivity contribution >= 4 is 27.3 Å². The molecule has 0 aromatic heterocycles. The molecular weight excluding hydrogens is 258 g/mol. The first-order valence-electron chi connectivity index (χ1n) is 5.22. The first-order valence-corrected chi connectivity index (χ1v) is 7.99. The van der Waals surface area contributed by atoms with Crippen molar-refractivity contribution in [2.75, 3.05) is 18.6 Å². The van der Waals surface area contributed by atoms with Gasteiger partial charge in [-0.3, -0.25) is 0 Å². The summed E-state index contributed by atoms with van der Waals surface area (Å²) in [6.45, 7) is 2.08. The van der Waals surface area contributed by atoms with Crippen molar-refractivity contribution in [3.63, 3.8) is 0 Å². The highest BCUT2D eigenvalue weighted by Crippen LogP contribution is 2.33. The van der Waals surface area contributed by atoms with Crippen molar-refractivity contribution in [2.45, 2.75) is 28.4 Å². The number of para-hydroxylation sites is 1. The van der Waals surface area contributed by atoms with Crippen LogP contribution in [0, 0.1) is 0 Å². The van der Waals surface area contributed by atoms with Gasteiger partial charge in [0.05, 0.1) is 10.6 Å². The second-order valence-corrected chi connectivity index (χ2v) is 7.35. The van der Waals surface area contributed by atoms with Crippen LogP contribution >= 0.6 is 11.8 Å². The topological polar surface area (TPSA) is 80.4 Å². The number of benzene rings is 1. The summed E-state index contributed by atoms with van der Waals surface area (Å²) in [5, 5.41) is 9.02. The van der Waals surface area contributed by atoms with Crippen LogP contribution in [-0.4, -0.2) is 31.6 Å². The minimum Gasteiger partial charge on any atom is -0.397 e. The highest BCUT2D eigenvalue weighted by atomic mass is 32.2. The summed E-state index contributed by atoms with van der Waals surface area (Å²) in [5.41, 5.74) is 6.15. The molecular formula is C11H17NO3S2. The van der Waals surface area contributed by atoms with Crippen LogP contribution in [0.2, 0.25) is 0 Å². The number of anilines is 1. The van der Waals surface area contributed by atoms with E-state index >= 15 is 0 Å². The Balaban J connectivity index is 3.03. The normalized spacial score (nSPS) is 13.6. The van der Waals surface area contributed by atoms with E-state index in [1.165, 1.54) is 17.8 Å². The van der Waals surface area contributed by atoms with E-state index in [1.54, 1.807) is 12.1 Å². The minimum absolute atomic E-state index is 0.111. The SMILES string of the molecule is CC(CCO)Sc1cccc(S(C)(=O)=O)c1N. The molecule has 1 aromatic rings. The number of thioether (sulfide) groups is 1. The fourth-order valence-corrected chi connectivity index (χ4v) is 3.36. The summed E-state index contributed by atoms with van der Waals surface area (Å²) in [6, 6.07) is 4.98. The van der Waals surface area contributed by atoms with E-state index in [0.717, 1.165) is 11.2 Å². The number of nitrogens with two attached hydrogens (primary N) is 1. The lowest BCUT2D eigenvalue weighted by molar-refractivity contribution is 0.289. The van der Waals surface area contributed by atoms with Gasteiger partial charge in [0, 0.05) is 23.0 Å². The highest BCUT2D eigenvalue weighted by Gasteiger charge is 2.15. The molecule has 96 valence electrons. The molecule has 0 spiro atoms. The van der Waals surface area contributed by atoms with Crippen molar-refractivity contribution in [3.8, 4) is 0 Å². The molecule has 0 saturated heterocycles. The van der Waals surface area contributed by atoms with Gasteiger partial charge in [-0.1, -0.05) is 13.0 Å². The van der Waals surface area contributed by atoms with Crippen LogP contribution in [0.5, 0.6) is 0 Å². The fraction of sp³-hybridized carbons (Fsp3) is 0.455. The number of rotatable bonds is 5. The number of sulfone groups is 1. The molecule has 1 aromatic carbocycles. The lowest BCUT2D eigenvalue weighted by atomic mass is 10.3. The van der Waals surface area contributed by atoms with Gasteiger partial charge in [0.2, 0.25) is 0 Å². The Morgan fingerprint density at radius 1 is 1.47 bits per heavy atom. The molecule has 0 aliphatic rings. The van der Waals surface area contributed by atoms with E-state index in [1.807, 2.05) is 6.92 Å². The molecule has 0 heterocycles. The maximum Gasteiger partial charge on any atom is 0.177 e. The van der Waals surface area contributed by atoms with Gasteiger partial charge in [0.1, 0.15) is 0 Å². The van der Waals surface area contributed by atoms with E-state index in [4.69, 9.17) is 10.8 Å². The highest BCUT2D eigenvalue weighted by molar-refractivity contribution is 8.00. The van der Waals surface area contributed by atoms with Crippen LogP contribution in [0.25, 0.3) is 0 Å². The number of hydrogen-bond donors (Lipinski definition) is 2. The molecule has 0 fully saturated rings. The maximum atomic E-state index is 11.5.